The molecule has 28 heavy (non-hydrogen) atoms. The van der Waals surface area contributed by atoms with Crippen LogP contribution in [-0.4, -0.2) is 33.3 Å². The van der Waals surface area contributed by atoms with Gasteiger partial charge in [0, 0.05) is 18.5 Å². The first-order valence-electron chi connectivity index (χ1n) is 8.08. The molecule has 0 spiro atoms. The van der Waals surface area contributed by atoms with Crippen molar-refractivity contribution in [1.82, 2.24) is 4.72 Å². The van der Waals surface area contributed by atoms with Gasteiger partial charge >= 0.3 is 5.97 Å². The molecule has 150 valence electrons. The molecule has 0 saturated heterocycles. The summed E-state index contributed by atoms with van der Waals surface area (Å²) in [4.78, 5) is 23.3. The molecule has 0 unspecified atom stereocenters. The number of carbonyl (C=O) groups excluding carboxylic acids is 2. The van der Waals surface area contributed by atoms with Crippen molar-refractivity contribution in [1.29, 1.82) is 0 Å². The molecule has 0 atom stereocenters. The van der Waals surface area contributed by atoms with E-state index < -0.39 is 45.8 Å². The lowest BCUT2D eigenvalue weighted by Gasteiger charge is -2.07. The zero-order chi connectivity index (χ0) is 20.7. The predicted molar refractivity (Wildman–Crippen MR) is 92.5 cm³/mol. The minimum Gasteiger partial charge on any atom is -0.457 e. The molecule has 10 heteroatoms. The second kappa shape index (κ2) is 9.47. The summed E-state index contributed by atoms with van der Waals surface area (Å²) < 4.78 is 69.6. The SMILES string of the molecule is O=C(CCCNS(=O)(=O)c1ccc(F)cc1)OCC(=O)c1ccc(F)c(F)c1. The summed E-state index contributed by atoms with van der Waals surface area (Å²) >= 11 is 0. The molecule has 0 saturated carbocycles. The fourth-order valence-corrected chi connectivity index (χ4v) is 3.18. The average molecular weight is 415 g/mol. The summed E-state index contributed by atoms with van der Waals surface area (Å²) in [7, 11) is -3.83. The van der Waals surface area contributed by atoms with Crippen LogP contribution in [0.5, 0.6) is 0 Å². The number of benzene rings is 2. The van der Waals surface area contributed by atoms with Gasteiger partial charge in [-0.2, -0.15) is 0 Å². The number of nitrogens with one attached hydrogen (secondary N) is 1. The van der Waals surface area contributed by atoms with Gasteiger partial charge < -0.3 is 4.74 Å². The zero-order valence-electron chi connectivity index (χ0n) is 14.5. The average Bonchev–Trinajstić information content (AvgIpc) is 2.66. The highest BCUT2D eigenvalue weighted by atomic mass is 32.2. The lowest BCUT2D eigenvalue weighted by atomic mass is 10.1. The maximum Gasteiger partial charge on any atom is 0.306 e. The molecule has 0 radical (unpaired) electrons. The van der Waals surface area contributed by atoms with Crippen LogP contribution in [0.4, 0.5) is 13.2 Å². The Kier molecular flexibility index (Phi) is 7.30. The van der Waals surface area contributed by atoms with Gasteiger partial charge in [-0.1, -0.05) is 0 Å². The third-order valence-corrected chi connectivity index (χ3v) is 5.06. The molecule has 1 N–H and O–H groups in total. The molecular formula is C18H16F3NO5S. The maximum atomic E-state index is 13.1. The first kappa shape index (κ1) is 21.6. The zero-order valence-corrected chi connectivity index (χ0v) is 15.3. The summed E-state index contributed by atoms with van der Waals surface area (Å²) in [5.74, 6) is -4.32. The van der Waals surface area contributed by atoms with E-state index >= 15 is 0 Å². The van der Waals surface area contributed by atoms with E-state index in [9.17, 15) is 31.2 Å². The standard InChI is InChI=1S/C18H16F3NO5S/c19-13-4-6-14(7-5-13)28(25,26)22-9-1-2-18(24)27-11-17(23)12-3-8-15(20)16(21)10-12/h3-8,10,22H,1-2,9,11H2. The maximum absolute atomic E-state index is 13.1. The summed E-state index contributed by atoms with van der Waals surface area (Å²) in [5.41, 5.74) is -0.140. The number of ether oxygens (including phenoxy) is 1. The molecule has 0 aliphatic heterocycles. The van der Waals surface area contributed by atoms with Crippen molar-refractivity contribution in [2.45, 2.75) is 17.7 Å². The van der Waals surface area contributed by atoms with Gasteiger partial charge in [0.1, 0.15) is 5.82 Å². The second-order valence-corrected chi connectivity index (χ2v) is 7.43. The highest BCUT2D eigenvalue weighted by molar-refractivity contribution is 7.89. The van der Waals surface area contributed by atoms with Crippen molar-refractivity contribution >= 4 is 21.8 Å². The van der Waals surface area contributed by atoms with E-state index in [4.69, 9.17) is 4.74 Å². The molecule has 0 bridgehead atoms. The van der Waals surface area contributed by atoms with Crippen LogP contribution in [0.2, 0.25) is 0 Å². The van der Waals surface area contributed by atoms with Crippen molar-refractivity contribution in [3.05, 3.63) is 65.5 Å². The van der Waals surface area contributed by atoms with Crippen LogP contribution in [0.25, 0.3) is 0 Å². The third-order valence-electron chi connectivity index (χ3n) is 3.58. The molecule has 0 aliphatic rings. The molecule has 0 amide bonds. The molecule has 2 aromatic rings. The fourth-order valence-electron chi connectivity index (χ4n) is 2.11. The van der Waals surface area contributed by atoms with Gasteiger partial charge in [-0.15, -0.1) is 0 Å². The molecular weight excluding hydrogens is 399 g/mol. The van der Waals surface area contributed by atoms with Crippen LogP contribution in [0.15, 0.2) is 47.4 Å². The number of hydrogen-bond donors (Lipinski definition) is 1. The number of esters is 1. The predicted octanol–water partition coefficient (Wildman–Crippen LogP) is 2.59. The first-order valence-corrected chi connectivity index (χ1v) is 9.56. The van der Waals surface area contributed by atoms with Crippen molar-refractivity contribution in [2.24, 2.45) is 0 Å². The Morgan fingerprint density at radius 2 is 1.64 bits per heavy atom. The van der Waals surface area contributed by atoms with Crippen molar-refractivity contribution in [3.63, 3.8) is 0 Å². The van der Waals surface area contributed by atoms with E-state index in [1.807, 2.05) is 0 Å². The molecule has 6 nitrogen and oxygen atoms in total. The van der Waals surface area contributed by atoms with Gasteiger partial charge in [0.25, 0.3) is 0 Å². The number of carbonyl (C=O) groups is 2. The Hall–Kier alpha value is -2.72. The number of hydrogen-bond acceptors (Lipinski definition) is 5. The van der Waals surface area contributed by atoms with E-state index in [2.05, 4.69) is 4.72 Å². The third kappa shape index (κ3) is 6.17. The van der Waals surface area contributed by atoms with E-state index in [1.54, 1.807) is 0 Å². The Morgan fingerprint density at radius 3 is 2.29 bits per heavy atom. The van der Waals surface area contributed by atoms with Crippen LogP contribution < -0.4 is 4.72 Å². The highest BCUT2D eigenvalue weighted by Crippen LogP contribution is 2.11. The van der Waals surface area contributed by atoms with Gasteiger partial charge in [0.05, 0.1) is 4.90 Å². The lowest BCUT2D eigenvalue weighted by molar-refractivity contribution is -0.142. The Bertz CT molecular complexity index is 962. The molecule has 2 aromatic carbocycles. The molecule has 0 aliphatic carbocycles. The minimum absolute atomic E-state index is 0.0775. The van der Waals surface area contributed by atoms with E-state index in [1.165, 1.54) is 0 Å². The number of sulfonamides is 1. The van der Waals surface area contributed by atoms with Gasteiger partial charge in [-0.25, -0.2) is 26.3 Å². The summed E-state index contributed by atoms with van der Waals surface area (Å²) in [6, 6.07) is 6.80. The monoisotopic (exact) mass is 415 g/mol. The van der Waals surface area contributed by atoms with E-state index in [-0.39, 0.29) is 29.8 Å². The van der Waals surface area contributed by atoms with Crippen LogP contribution in [0, 0.1) is 17.5 Å². The number of halogens is 3. The van der Waals surface area contributed by atoms with Crippen LogP contribution >= 0.6 is 0 Å². The van der Waals surface area contributed by atoms with E-state index in [0.717, 1.165) is 36.4 Å². The summed E-state index contributed by atoms with van der Waals surface area (Å²) in [6.07, 6.45) is -0.0738. The van der Waals surface area contributed by atoms with Gasteiger partial charge in [-0.3, -0.25) is 9.59 Å². The quantitative estimate of drug-likeness (QED) is 0.386. The van der Waals surface area contributed by atoms with E-state index in [0.29, 0.717) is 6.07 Å². The van der Waals surface area contributed by atoms with Crippen LogP contribution in [0.1, 0.15) is 23.2 Å². The Balaban J connectivity index is 1.73. The van der Waals surface area contributed by atoms with Crippen LogP contribution in [-0.2, 0) is 19.6 Å². The van der Waals surface area contributed by atoms with Gasteiger partial charge in [0.15, 0.2) is 24.0 Å². The second-order valence-electron chi connectivity index (χ2n) is 5.67. The molecule has 0 aromatic heterocycles. The largest absolute Gasteiger partial charge is 0.457 e. The normalized spacial score (nSPS) is 11.2. The lowest BCUT2D eigenvalue weighted by Crippen LogP contribution is -2.25. The molecule has 0 heterocycles. The summed E-state index contributed by atoms with van der Waals surface area (Å²) in [6.45, 7) is -0.725. The number of rotatable bonds is 9. The van der Waals surface area contributed by atoms with Gasteiger partial charge in [-0.05, 0) is 48.9 Å². The van der Waals surface area contributed by atoms with Crippen molar-refractivity contribution < 1.29 is 35.9 Å². The topological polar surface area (TPSA) is 89.5 Å². The van der Waals surface area contributed by atoms with Crippen molar-refractivity contribution in [3.8, 4) is 0 Å². The van der Waals surface area contributed by atoms with Crippen LogP contribution in [0.3, 0.4) is 0 Å². The van der Waals surface area contributed by atoms with Crippen molar-refractivity contribution in [2.75, 3.05) is 13.2 Å². The first-order chi connectivity index (χ1) is 13.2. The minimum atomic E-state index is -3.83. The summed E-state index contributed by atoms with van der Waals surface area (Å²) in [5, 5.41) is 0. The highest BCUT2D eigenvalue weighted by Gasteiger charge is 2.15. The molecule has 2 rings (SSSR count). The number of Topliss-reactive ketones (excluding diaryl/α,β-unsaturated/α-hetero) is 1. The smallest absolute Gasteiger partial charge is 0.306 e. The fraction of sp³-hybridized carbons (Fsp3) is 0.222. The van der Waals surface area contributed by atoms with Gasteiger partial charge in [0.2, 0.25) is 10.0 Å². The number of ketones is 1. The Labute approximate surface area is 159 Å². The molecule has 0 fully saturated rings. The Morgan fingerprint density at radius 1 is 0.964 bits per heavy atom.